The van der Waals surface area contributed by atoms with Crippen molar-refractivity contribution in [3.63, 3.8) is 0 Å². The Morgan fingerprint density at radius 2 is 2.16 bits per heavy atom. The van der Waals surface area contributed by atoms with Crippen LogP contribution in [-0.2, 0) is 22.6 Å². The highest BCUT2D eigenvalue weighted by molar-refractivity contribution is 6.31. The summed E-state index contributed by atoms with van der Waals surface area (Å²) in [5, 5.41) is 5.38. The van der Waals surface area contributed by atoms with Crippen molar-refractivity contribution < 1.29 is 9.53 Å². The average molecular weight is 362 g/mol. The van der Waals surface area contributed by atoms with Crippen LogP contribution in [0.15, 0.2) is 24.3 Å². The van der Waals surface area contributed by atoms with Gasteiger partial charge in [-0.1, -0.05) is 29.8 Å². The van der Waals surface area contributed by atoms with E-state index in [-0.39, 0.29) is 12.0 Å². The van der Waals surface area contributed by atoms with E-state index < -0.39 is 0 Å². The Balaban J connectivity index is 1.75. The highest BCUT2D eigenvalue weighted by Crippen LogP contribution is 2.21. The van der Waals surface area contributed by atoms with Crippen molar-refractivity contribution in [3.05, 3.63) is 51.8 Å². The Morgan fingerprint density at radius 1 is 1.40 bits per heavy atom. The third kappa shape index (κ3) is 3.88. The van der Waals surface area contributed by atoms with Crippen molar-refractivity contribution >= 4 is 17.5 Å². The molecule has 2 heterocycles. The second-order valence-corrected chi connectivity index (χ2v) is 7.00. The lowest BCUT2D eigenvalue weighted by molar-refractivity contribution is -0.140. The first-order valence-electron chi connectivity index (χ1n) is 8.60. The summed E-state index contributed by atoms with van der Waals surface area (Å²) in [4.78, 5) is 14.2. The molecule has 25 heavy (non-hydrogen) atoms. The molecule has 1 atom stereocenters. The third-order valence-corrected chi connectivity index (χ3v) is 5.15. The van der Waals surface area contributed by atoms with Crippen LogP contribution in [0.2, 0.25) is 5.02 Å². The van der Waals surface area contributed by atoms with Crippen molar-refractivity contribution in [1.29, 1.82) is 0 Å². The van der Waals surface area contributed by atoms with Crippen molar-refractivity contribution in [2.24, 2.45) is 0 Å². The number of carbonyl (C=O) groups excluding carboxylic acids is 1. The molecule has 134 valence electrons. The molecule has 1 amide bonds. The number of aromatic nitrogens is 2. The van der Waals surface area contributed by atoms with Crippen LogP contribution in [0, 0.1) is 13.8 Å². The summed E-state index contributed by atoms with van der Waals surface area (Å²) in [5.74, 6) is 0.0511. The maximum Gasteiger partial charge on any atom is 0.251 e. The molecule has 1 aromatic carbocycles. The van der Waals surface area contributed by atoms with Gasteiger partial charge in [0.05, 0.1) is 12.2 Å². The second kappa shape index (κ2) is 7.58. The van der Waals surface area contributed by atoms with Crippen molar-refractivity contribution in [2.75, 3.05) is 13.7 Å². The van der Waals surface area contributed by atoms with Gasteiger partial charge < -0.3 is 9.64 Å². The summed E-state index contributed by atoms with van der Waals surface area (Å²) in [6.07, 6.45) is 1.48. The zero-order chi connectivity index (χ0) is 18.0. The molecular weight excluding hydrogens is 338 g/mol. The molecule has 0 N–H and O–H groups in total. The Labute approximate surface area is 153 Å². The molecule has 0 spiro atoms. The largest absolute Gasteiger partial charge is 0.368 e. The van der Waals surface area contributed by atoms with E-state index in [1.807, 2.05) is 49.8 Å². The summed E-state index contributed by atoms with van der Waals surface area (Å²) >= 11 is 6.26. The van der Waals surface area contributed by atoms with Gasteiger partial charge in [0.15, 0.2) is 0 Å². The molecule has 0 radical (unpaired) electrons. The van der Waals surface area contributed by atoms with Gasteiger partial charge in [-0.05, 0) is 38.3 Å². The molecule has 3 rings (SSSR count). The Kier molecular flexibility index (Phi) is 5.45. The number of amides is 1. The quantitative estimate of drug-likeness (QED) is 0.820. The first-order chi connectivity index (χ1) is 12.0. The minimum Gasteiger partial charge on any atom is -0.368 e. The van der Waals surface area contributed by atoms with E-state index in [2.05, 4.69) is 5.10 Å². The lowest BCUT2D eigenvalue weighted by Crippen LogP contribution is -2.35. The molecule has 1 aliphatic heterocycles. The molecule has 0 saturated carbocycles. The SMILES string of the molecule is Cc1nn(Cc2ccccc2Cl)c(C)c1CN(C)C(=O)[C@H]1CCCO1. The standard InChI is InChI=1S/C19H24ClN3O2/c1-13-16(12-22(3)19(24)18-9-6-10-25-18)14(2)23(21-13)11-15-7-4-5-8-17(15)20/h4-5,7-8,18H,6,9-12H2,1-3H3/t18-/m1/s1. The van der Waals surface area contributed by atoms with Gasteiger partial charge in [0.1, 0.15) is 6.10 Å². The predicted octanol–water partition coefficient (Wildman–Crippen LogP) is 3.34. The number of halogens is 1. The maximum atomic E-state index is 12.5. The van der Waals surface area contributed by atoms with Crippen LogP contribution >= 0.6 is 11.6 Å². The van der Waals surface area contributed by atoms with Crippen LogP contribution in [0.5, 0.6) is 0 Å². The first kappa shape index (κ1) is 18.0. The molecule has 1 aliphatic rings. The zero-order valence-electron chi connectivity index (χ0n) is 15.0. The van der Waals surface area contributed by atoms with Crippen LogP contribution in [0.1, 0.15) is 35.4 Å². The summed E-state index contributed by atoms with van der Waals surface area (Å²) in [5.41, 5.74) is 4.12. The molecule has 5 nitrogen and oxygen atoms in total. The smallest absolute Gasteiger partial charge is 0.251 e. The van der Waals surface area contributed by atoms with E-state index in [9.17, 15) is 4.79 Å². The van der Waals surface area contributed by atoms with Crippen LogP contribution < -0.4 is 0 Å². The van der Waals surface area contributed by atoms with E-state index in [4.69, 9.17) is 16.3 Å². The summed E-state index contributed by atoms with van der Waals surface area (Å²) in [7, 11) is 1.83. The molecule has 6 heteroatoms. The number of likely N-dealkylation sites (N-methyl/N-ethyl adjacent to an activating group) is 1. The topological polar surface area (TPSA) is 47.4 Å². The Hall–Kier alpha value is -1.85. The monoisotopic (exact) mass is 361 g/mol. The van der Waals surface area contributed by atoms with Crippen LogP contribution in [0.4, 0.5) is 0 Å². The number of aryl methyl sites for hydroxylation is 1. The first-order valence-corrected chi connectivity index (χ1v) is 8.98. The number of ether oxygens (including phenoxy) is 1. The van der Waals surface area contributed by atoms with Gasteiger partial charge >= 0.3 is 0 Å². The van der Waals surface area contributed by atoms with Gasteiger partial charge in [-0.2, -0.15) is 5.10 Å². The number of hydrogen-bond donors (Lipinski definition) is 0. The van der Waals surface area contributed by atoms with Gasteiger partial charge in [-0.25, -0.2) is 0 Å². The summed E-state index contributed by atoms with van der Waals surface area (Å²) in [6, 6.07) is 7.79. The van der Waals surface area contributed by atoms with E-state index in [1.54, 1.807) is 4.90 Å². The molecule has 0 unspecified atom stereocenters. The minimum absolute atomic E-state index is 0.0511. The number of hydrogen-bond acceptors (Lipinski definition) is 3. The van der Waals surface area contributed by atoms with Gasteiger partial charge in [0.2, 0.25) is 0 Å². The number of nitrogens with zero attached hydrogens (tertiary/aromatic N) is 3. The number of rotatable bonds is 5. The van der Waals surface area contributed by atoms with Gasteiger partial charge in [0, 0.05) is 36.5 Å². The van der Waals surface area contributed by atoms with Gasteiger partial charge in [-0.3, -0.25) is 9.48 Å². The maximum absolute atomic E-state index is 12.5. The Bertz CT molecular complexity index is 766. The van der Waals surface area contributed by atoms with Gasteiger partial charge in [0.25, 0.3) is 5.91 Å². The van der Waals surface area contributed by atoms with E-state index in [0.29, 0.717) is 19.7 Å². The lowest BCUT2D eigenvalue weighted by Gasteiger charge is -2.21. The highest BCUT2D eigenvalue weighted by Gasteiger charge is 2.27. The minimum atomic E-state index is -0.288. The molecule has 0 bridgehead atoms. The third-order valence-electron chi connectivity index (χ3n) is 4.79. The molecule has 1 saturated heterocycles. The van der Waals surface area contributed by atoms with Crippen molar-refractivity contribution in [3.8, 4) is 0 Å². The molecular formula is C19H24ClN3O2. The summed E-state index contributed by atoms with van der Waals surface area (Å²) < 4.78 is 7.46. The molecule has 2 aromatic rings. The van der Waals surface area contributed by atoms with E-state index >= 15 is 0 Å². The molecule has 1 fully saturated rings. The molecule has 0 aliphatic carbocycles. The predicted molar refractivity (Wildman–Crippen MR) is 97.7 cm³/mol. The number of benzene rings is 1. The van der Waals surface area contributed by atoms with Crippen LogP contribution in [0.25, 0.3) is 0 Å². The lowest BCUT2D eigenvalue weighted by atomic mass is 10.1. The fourth-order valence-corrected chi connectivity index (χ4v) is 3.43. The highest BCUT2D eigenvalue weighted by atomic mass is 35.5. The summed E-state index contributed by atoms with van der Waals surface area (Å²) in [6.45, 7) is 5.86. The normalized spacial score (nSPS) is 17.0. The van der Waals surface area contributed by atoms with Crippen molar-refractivity contribution in [2.45, 2.75) is 45.9 Å². The fourth-order valence-electron chi connectivity index (χ4n) is 3.24. The average Bonchev–Trinajstić information content (AvgIpc) is 3.21. The van der Waals surface area contributed by atoms with Gasteiger partial charge in [-0.15, -0.1) is 0 Å². The second-order valence-electron chi connectivity index (χ2n) is 6.59. The van der Waals surface area contributed by atoms with E-state index in [0.717, 1.165) is 40.4 Å². The van der Waals surface area contributed by atoms with Crippen molar-refractivity contribution in [1.82, 2.24) is 14.7 Å². The van der Waals surface area contributed by atoms with Crippen LogP contribution in [-0.4, -0.2) is 40.3 Å². The zero-order valence-corrected chi connectivity index (χ0v) is 15.7. The van der Waals surface area contributed by atoms with E-state index in [1.165, 1.54) is 0 Å². The van der Waals surface area contributed by atoms with Crippen LogP contribution in [0.3, 0.4) is 0 Å². The molecule has 1 aromatic heterocycles. The fraction of sp³-hybridized carbons (Fsp3) is 0.474. The Morgan fingerprint density at radius 3 is 2.84 bits per heavy atom. The number of carbonyl (C=O) groups is 1.